The van der Waals surface area contributed by atoms with Crippen molar-refractivity contribution in [3.05, 3.63) is 17.7 Å². The highest BCUT2D eigenvalue weighted by Crippen LogP contribution is 2.44. The van der Waals surface area contributed by atoms with Crippen molar-refractivity contribution < 1.29 is 18.6 Å². The summed E-state index contributed by atoms with van der Waals surface area (Å²) in [5.41, 5.74) is 0.944. The number of hydrogen-bond donors (Lipinski definition) is 1. The molecular formula is C16H25FN2O3. The molecule has 1 saturated heterocycles. The van der Waals surface area contributed by atoms with E-state index in [2.05, 4.69) is 10.2 Å². The predicted molar refractivity (Wildman–Crippen MR) is 83.9 cm³/mol. The van der Waals surface area contributed by atoms with Gasteiger partial charge in [0, 0.05) is 37.8 Å². The van der Waals surface area contributed by atoms with Gasteiger partial charge in [-0.3, -0.25) is 9.29 Å². The standard InChI is InChI=1S/C16H25FN2O3/c1-20-14-5-4-12(15(21-2)16(14)22-3)13(6-7-17)19-10-8-18-9-11-19/h4-5,13,18H,6-11H2,1-3H3/t13-/m0/s1. The summed E-state index contributed by atoms with van der Waals surface area (Å²) in [6.07, 6.45) is 0.436. The van der Waals surface area contributed by atoms with Gasteiger partial charge in [-0.2, -0.15) is 0 Å². The number of benzene rings is 1. The molecule has 0 radical (unpaired) electrons. The fourth-order valence-corrected chi connectivity index (χ4v) is 3.02. The van der Waals surface area contributed by atoms with Gasteiger partial charge in [-0.05, 0) is 18.6 Å². The second kappa shape index (κ2) is 8.19. The van der Waals surface area contributed by atoms with E-state index < -0.39 is 0 Å². The molecular weight excluding hydrogens is 287 g/mol. The van der Waals surface area contributed by atoms with Crippen molar-refractivity contribution in [1.82, 2.24) is 10.2 Å². The van der Waals surface area contributed by atoms with Crippen LogP contribution in [0.25, 0.3) is 0 Å². The van der Waals surface area contributed by atoms with E-state index in [1.54, 1.807) is 21.3 Å². The molecule has 1 aliphatic heterocycles. The maximum atomic E-state index is 13.1. The molecule has 2 rings (SSSR count). The van der Waals surface area contributed by atoms with E-state index in [4.69, 9.17) is 14.2 Å². The van der Waals surface area contributed by atoms with Crippen molar-refractivity contribution in [2.24, 2.45) is 0 Å². The van der Waals surface area contributed by atoms with Crippen LogP contribution in [-0.2, 0) is 0 Å². The van der Waals surface area contributed by atoms with Crippen LogP contribution in [0.4, 0.5) is 4.39 Å². The first-order valence-corrected chi connectivity index (χ1v) is 7.56. The van der Waals surface area contributed by atoms with E-state index >= 15 is 0 Å². The Labute approximate surface area is 131 Å². The second-order valence-electron chi connectivity index (χ2n) is 5.20. The molecule has 1 heterocycles. The quantitative estimate of drug-likeness (QED) is 0.834. The Balaban J connectivity index is 2.41. The topological polar surface area (TPSA) is 43.0 Å². The number of rotatable bonds is 7. The summed E-state index contributed by atoms with van der Waals surface area (Å²) in [7, 11) is 4.77. The van der Waals surface area contributed by atoms with Gasteiger partial charge in [-0.15, -0.1) is 0 Å². The van der Waals surface area contributed by atoms with Crippen molar-refractivity contribution in [1.29, 1.82) is 0 Å². The van der Waals surface area contributed by atoms with Crippen LogP contribution < -0.4 is 19.5 Å². The molecule has 124 valence electrons. The fourth-order valence-electron chi connectivity index (χ4n) is 3.02. The average molecular weight is 312 g/mol. The summed E-state index contributed by atoms with van der Waals surface area (Å²) in [5, 5.41) is 3.32. The molecule has 5 nitrogen and oxygen atoms in total. The molecule has 0 bridgehead atoms. The van der Waals surface area contributed by atoms with Gasteiger partial charge in [0.05, 0.1) is 28.0 Å². The van der Waals surface area contributed by atoms with Crippen molar-refractivity contribution in [2.45, 2.75) is 12.5 Å². The second-order valence-corrected chi connectivity index (χ2v) is 5.20. The van der Waals surface area contributed by atoms with E-state index in [0.717, 1.165) is 31.7 Å². The van der Waals surface area contributed by atoms with Crippen molar-refractivity contribution in [3.63, 3.8) is 0 Å². The Kier molecular flexibility index (Phi) is 6.27. The van der Waals surface area contributed by atoms with Crippen molar-refractivity contribution >= 4 is 0 Å². The van der Waals surface area contributed by atoms with Crippen molar-refractivity contribution in [3.8, 4) is 17.2 Å². The molecule has 0 amide bonds. The monoisotopic (exact) mass is 312 g/mol. The largest absolute Gasteiger partial charge is 0.493 e. The van der Waals surface area contributed by atoms with Gasteiger partial charge >= 0.3 is 0 Å². The molecule has 1 N–H and O–H groups in total. The Morgan fingerprint density at radius 3 is 2.32 bits per heavy atom. The molecule has 0 unspecified atom stereocenters. The first-order chi connectivity index (χ1) is 10.8. The lowest BCUT2D eigenvalue weighted by Crippen LogP contribution is -2.45. The highest BCUT2D eigenvalue weighted by Gasteiger charge is 2.27. The lowest BCUT2D eigenvalue weighted by molar-refractivity contribution is 0.154. The number of nitrogens with zero attached hydrogens (tertiary/aromatic N) is 1. The lowest BCUT2D eigenvalue weighted by Gasteiger charge is -2.35. The summed E-state index contributed by atoms with van der Waals surface area (Å²) in [5.74, 6) is 1.79. The summed E-state index contributed by atoms with van der Waals surface area (Å²) in [6, 6.07) is 3.77. The lowest BCUT2D eigenvalue weighted by atomic mass is 9.99. The minimum atomic E-state index is -0.369. The number of piperazine rings is 1. The molecule has 1 aromatic carbocycles. The van der Waals surface area contributed by atoms with Crippen LogP contribution in [-0.4, -0.2) is 59.1 Å². The van der Waals surface area contributed by atoms with Crippen LogP contribution in [0.2, 0.25) is 0 Å². The number of halogens is 1. The van der Waals surface area contributed by atoms with Gasteiger partial charge in [0.25, 0.3) is 0 Å². The van der Waals surface area contributed by atoms with Gasteiger partial charge in [0.15, 0.2) is 11.5 Å². The molecule has 22 heavy (non-hydrogen) atoms. The van der Waals surface area contributed by atoms with E-state index in [0.29, 0.717) is 23.7 Å². The molecule has 0 spiro atoms. The van der Waals surface area contributed by atoms with Crippen LogP contribution in [0, 0.1) is 0 Å². The number of methoxy groups -OCH3 is 3. The van der Waals surface area contributed by atoms with Crippen LogP contribution in [0.1, 0.15) is 18.0 Å². The Hall–Kier alpha value is -1.53. The highest BCUT2D eigenvalue weighted by molar-refractivity contribution is 5.56. The summed E-state index contributed by atoms with van der Waals surface area (Å²) < 4.78 is 29.4. The molecule has 0 aromatic heterocycles. The first kappa shape index (κ1) is 16.8. The molecule has 1 fully saturated rings. The first-order valence-electron chi connectivity index (χ1n) is 7.56. The third-order valence-corrected chi connectivity index (χ3v) is 4.07. The van der Waals surface area contributed by atoms with Gasteiger partial charge in [0.1, 0.15) is 0 Å². The van der Waals surface area contributed by atoms with Gasteiger partial charge < -0.3 is 19.5 Å². The van der Waals surface area contributed by atoms with E-state index in [9.17, 15) is 4.39 Å². The fraction of sp³-hybridized carbons (Fsp3) is 0.625. The maximum Gasteiger partial charge on any atom is 0.203 e. The molecule has 1 aromatic rings. The van der Waals surface area contributed by atoms with Crippen LogP contribution in [0.15, 0.2) is 12.1 Å². The zero-order chi connectivity index (χ0) is 15.9. The van der Waals surface area contributed by atoms with Crippen LogP contribution in [0.3, 0.4) is 0 Å². The summed E-state index contributed by atoms with van der Waals surface area (Å²) >= 11 is 0. The van der Waals surface area contributed by atoms with Crippen LogP contribution >= 0.6 is 0 Å². The van der Waals surface area contributed by atoms with Crippen LogP contribution in [0.5, 0.6) is 17.2 Å². The predicted octanol–water partition coefficient (Wildman–Crippen LogP) is 2.02. The Bertz CT molecular complexity index is 479. The normalized spacial score (nSPS) is 17.1. The number of alkyl halides is 1. The summed E-state index contributed by atoms with van der Waals surface area (Å²) in [6.45, 7) is 3.24. The molecule has 0 saturated carbocycles. The molecule has 0 aliphatic carbocycles. The number of ether oxygens (including phenoxy) is 3. The smallest absolute Gasteiger partial charge is 0.203 e. The van der Waals surface area contributed by atoms with E-state index in [1.165, 1.54) is 0 Å². The SMILES string of the molecule is COc1ccc([C@H](CCF)N2CCNCC2)c(OC)c1OC. The zero-order valence-electron chi connectivity index (χ0n) is 13.5. The molecule has 1 aliphatic rings. The Morgan fingerprint density at radius 1 is 1.09 bits per heavy atom. The maximum absolute atomic E-state index is 13.1. The Morgan fingerprint density at radius 2 is 1.77 bits per heavy atom. The molecule has 6 heteroatoms. The van der Waals surface area contributed by atoms with E-state index in [1.807, 2.05) is 12.1 Å². The van der Waals surface area contributed by atoms with Gasteiger partial charge in [-0.25, -0.2) is 0 Å². The minimum Gasteiger partial charge on any atom is -0.493 e. The highest BCUT2D eigenvalue weighted by atomic mass is 19.1. The third-order valence-electron chi connectivity index (χ3n) is 4.07. The van der Waals surface area contributed by atoms with Gasteiger partial charge in [0.2, 0.25) is 5.75 Å². The zero-order valence-corrected chi connectivity index (χ0v) is 13.5. The average Bonchev–Trinajstić information content (AvgIpc) is 2.59. The molecule has 1 atom stereocenters. The number of hydrogen-bond acceptors (Lipinski definition) is 5. The number of nitrogens with one attached hydrogen (secondary N) is 1. The van der Waals surface area contributed by atoms with Crippen molar-refractivity contribution in [2.75, 3.05) is 54.2 Å². The minimum absolute atomic E-state index is 0.0261. The van der Waals surface area contributed by atoms with Gasteiger partial charge in [-0.1, -0.05) is 0 Å². The third kappa shape index (κ3) is 3.44. The van der Waals surface area contributed by atoms with E-state index in [-0.39, 0.29) is 12.7 Å². The summed E-state index contributed by atoms with van der Waals surface area (Å²) in [4.78, 5) is 2.29.